The molecule has 2 amide bonds. The van der Waals surface area contributed by atoms with Gasteiger partial charge in [0, 0.05) is 25.2 Å². The molecule has 8 heteroatoms. The van der Waals surface area contributed by atoms with E-state index in [1.807, 2.05) is 26.0 Å². The molecule has 0 N–H and O–H groups in total. The van der Waals surface area contributed by atoms with Crippen molar-refractivity contribution in [1.29, 1.82) is 0 Å². The predicted octanol–water partition coefficient (Wildman–Crippen LogP) is -0.700. The Hall–Kier alpha value is -1.44. The summed E-state index contributed by atoms with van der Waals surface area (Å²) in [5.74, 6) is -3.73. The van der Waals surface area contributed by atoms with Crippen LogP contribution in [0.25, 0.3) is 0 Å². The quantitative estimate of drug-likeness (QED) is 0.210. The molecule has 158 valence electrons. The van der Waals surface area contributed by atoms with E-state index in [1.165, 1.54) is 0 Å². The fraction of sp³-hybridized carbons (Fsp3) is 0.619. The van der Waals surface area contributed by atoms with Gasteiger partial charge in [-0.1, -0.05) is 57.9 Å². The van der Waals surface area contributed by atoms with E-state index in [9.17, 15) is 24.3 Å². The number of hydrogen-bond acceptors (Lipinski definition) is 6. The molecule has 29 heavy (non-hydrogen) atoms. The van der Waals surface area contributed by atoms with Gasteiger partial charge in [-0.3, -0.25) is 14.5 Å². The number of carboxylic acids is 1. The molecule has 0 bridgehead atoms. The normalized spacial score (nSPS) is 11.8. The van der Waals surface area contributed by atoms with E-state index in [1.54, 1.807) is 19.1 Å². The third-order valence-electron chi connectivity index (χ3n) is 3.76. The number of amides is 2. The molecule has 0 fully saturated rings. The minimum atomic E-state index is -1.54. The second-order valence-electron chi connectivity index (χ2n) is 6.35. The van der Waals surface area contributed by atoms with Crippen LogP contribution in [0.15, 0.2) is 24.3 Å². The Kier molecular flexibility index (Phi) is 19.1. The van der Waals surface area contributed by atoms with Crippen LogP contribution in [0.2, 0.25) is 0 Å². The topological polar surface area (TPSA) is 104 Å². The molecule has 0 aliphatic carbocycles. The Morgan fingerprint density at radius 2 is 1.34 bits per heavy atom. The third kappa shape index (κ3) is 13.4. The Balaban J connectivity index is 0. The second-order valence-corrected chi connectivity index (χ2v) is 6.35. The molecule has 0 aliphatic rings. The maximum Gasteiger partial charge on any atom is 1.00 e. The molecular weight excluding hydrogens is 385 g/mol. The number of ether oxygens (including phenoxy) is 1. The number of rotatable bonds is 14. The Morgan fingerprint density at radius 3 is 1.72 bits per heavy atom. The predicted molar refractivity (Wildman–Crippen MR) is 104 cm³/mol. The van der Waals surface area contributed by atoms with Gasteiger partial charge >= 0.3 is 35.5 Å². The summed E-state index contributed by atoms with van der Waals surface area (Å²) in [6, 6.07) is -1.53. The number of aliphatic carboxylic acids is 1. The van der Waals surface area contributed by atoms with E-state index in [2.05, 4.69) is 0 Å². The van der Waals surface area contributed by atoms with E-state index in [-0.39, 0.29) is 49.0 Å². The van der Waals surface area contributed by atoms with Gasteiger partial charge in [-0.25, -0.2) is 4.79 Å². The number of imide groups is 1. The second kappa shape index (κ2) is 18.6. The van der Waals surface area contributed by atoms with Gasteiger partial charge in [-0.2, -0.15) is 0 Å². The van der Waals surface area contributed by atoms with Crippen molar-refractivity contribution in [3.63, 3.8) is 0 Å². The molecule has 0 spiro atoms. The van der Waals surface area contributed by atoms with E-state index >= 15 is 0 Å². The molecule has 0 rings (SSSR count). The zero-order chi connectivity index (χ0) is 21.4. The summed E-state index contributed by atoms with van der Waals surface area (Å²) in [5, 5.41) is 11.1. The van der Waals surface area contributed by atoms with Gasteiger partial charge in [-0.05, 0) is 19.3 Å². The summed E-state index contributed by atoms with van der Waals surface area (Å²) < 4.78 is 5.01. The minimum absolute atomic E-state index is 0. The van der Waals surface area contributed by atoms with Crippen LogP contribution in [0.3, 0.4) is 0 Å². The van der Waals surface area contributed by atoms with Crippen molar-refractivity contribution in [2.24, 2.45) is 0 Å². The van der Waals surface area contributed by atoms with Crippen molar-refractivity contribution in [3.8, 4) is 0 Å². The summed E-state index contributed by atoms with van der Waals surface area (Å²) in [4.78, 5) is 49.5. The molecule has 0 aromatic heterocycles. The van der Waals surface area contributed by atoms with Crippen molar-refractivity contribution in [2.45, 2.75) is 78.2 Å². The fourth-order valence-corrected chi connectivity index (χ4v) is 2.36. The first-order valence-corrected chi connectivity index (χ1v) is 9.90. The number of nitrogens with zero attached hydrogens (tertiary/aromatic N) is 1. The average molecular weight is 417 g/mol. The monoisotopic (exact) mass is 417 g/mol. The number of unbranched alkanes of at least 4 members (excludes halogenated alkanes) is 2. The molecular formula is C21H32NNaO6. The van der Waals surface area contributed by atoms with Crippen LogP contribution in [-0.4, -0.2) is 41.3 Å². The standard InChI is InChI=1S/C21H33NO6.Na/c1-4-7-9-11-13-18(23)22(19(24)14-12-10-8-5-2)17(16-20(25)26)21(27)28-15-6-3;/h9-12,17H,4-8,13-16H2,1-3H3,(H,25,26);/q;+1/p-1/b11-9+,12-10+;. The molecule has 0 aliphatic heterocycles. The molecule has 1 atom stereocenters. The van der Waals surface area contributed by atoms with E-state index < -0.39 is 36.2 Å². The van der Waals surface area contributed by atoms with Gasteiger partial charge in [0.1, 0.15) is 6.04 Å². The van der Waals surface area contributed by atoms with Gasteiger partial charge in [-0.15, -0.1) is 0 Å². The van der Waals surface area contributed by atoms with Crippen LogP contribution >= 0.6 is 0 Å². The van der Waals surface area contributed by atoms with Crippen LogP contribution < -0.4 is 34.7 Å². The van der Waals surface area contributed by atoms with Gasteiger partial charge in [0.2, 0.25) is 11.8 Å². The maximum absolute atomic E-state index is 12.6. The Morgan fingerprint density at radius 1 is 0.862 bits per heavy atom. The number of hydrogen-bond donors (Lipinski definition) is 0. The first-order valence-electron chi connectivity index (χ1n) is 9.90. The minimum Gasteiger partial charge on any atom is -0.550 e. The van der Waals surface area contributed by atoms with Gasteiger partial charge in [0.05, 0.1) is 6.61 Å². The first-order chi connectivity index (χ1) is 13.4. The van der Waals surface area contributed by atoms with Gasteiger partial charge in [0.25, 0.3) is 0 Å². The fourth-order valence-electron chi connectivity index (χ4n) is 2.36. The number of carbonyl (C=O) groups is 4. The smallest absolute Gasteiger partial charge is 0.550 e. The van der Waals surface area contributed by atoms with Crippen LogP contribution in [0, 0.1) is 0 Å². The van der Waals surface area contributed by atoms with Crippen LogP contribution in [-0.2, 0) is 23.9 Å². The molecule has 1 unspecified atom stereocenters. The van der Waals surface area contributed by atoms with Crippen LogP contribution in [0.4, 0.5) is 0 Å². The Bertz CT molecular complexity index is 544. The van der Waals surface area contributed by atoms with Crippen molar-refractivity contribution in [1.82, 2.24) is 4.90 Å². The maximum atomic E-state index is 12.6. The van der Waals surface area contributed by atoms with Gasteiger partial charge < -0.3 is 14.6 Å². The first kappa shape index (κ1) is 29.8. The molecule has 0 aromatic rings. The number of carbonyl (C=O) groups excluding carboxylic acids is 4. The van der Waals surface area contributed by atoms with Crippen LogP contribution in [0.5, 0.6) is 0 Å². The number of carboxylic acid groups (broad SMARTS) is 1. The average Bonchev–Trinajstić information content (AvgIpc) is 2.65. The van der Waals surface area contributed by atoms with Crippen molar-refractivity contribution in [3.05, 3.63) is 24.3 Å². The van der Waals surface area contributed by atoms with E-state index in [4.69, 9.17) is 4.74 Å². The van der Waals surface area contributed by atoms with Crippen molar-refractivity contribution < 1.29 is 58.6 Å². The summed E-state index contributed by atoms with van der Waals surface area (Å²) >= 11 is 0. The SMILES string of the molecule is CCC/C=C/CC(=O)N(C(=O)C/C=C/CCC)C(CC(=O)[O-])C(=O)OCCC.[Na+]. The Labute approximate surface area is 195 Å². The van der Waals surface area contributed by atoms with Gasteiger partial charge in [0.15, 0.2) is 0 Å². The molecule has 0 heterocycles. The summed E-state index contributed by atoms with van der Waals surface area (Å²) in [6.07, 6.45) is 9.77. The third-order valence-corrected chi connectivity index (χ3v) is 3.76. The molecule has 7 nitrogen and oxygen atoms in total. The summed E-state index contributed by atoms with van der Waals surface area (Å²) in [6.45, 7) is 5.84. The van der Waals surface area contributed by atoms with Crippen molar-refractivity contribution >= 4 is 23.8 Å². The van der Waals surface area contributed by atoms with E-state index in [0.717, 1.165) is 30.6 Å². The van der Waals surface area contributed by atoms with E-state index in [0.29, 0.717) is 6.42 Å². The van der Waals surface area contributed by atoms with Crippen LogP contribution in [0.1, 0.15) is 72.1 Å². The number of esters is 1. The summed E-state index contributed by atoms with van der Waals surface area (Å²) in [7, 11) is 0. The molecule has 0 aromatic carbocycles. The molecule has 0 saturated carbocycles. The van der Waals surface area contributed by atoms with Crippen molar-refractivity contribution in [2.75, 3.05) is 6.61 Å². The molecule has 0 saturated heterocycles. The number of allylic oxidation sites excluding steroid dienone is 2. The molecule has 0 radical (unpaired) electrons. The summed E-state index contributed by atoms with van der Waals surface area (Å²) in [5.41, 5.74) is 0. The zero-order valence-corrected chi connectivity index (χ0v) is 20.1. The largest absolute Gasteiger partial charge is 1.00 e. The zero-order valence-electron chi connectivity index (χ0n) is 18.1.